The molecule has 6 nitrogen and oxygen atoms in total. The molecule has 0 aliphatic carbocycles. The minimum Gasteiger partial charge on any atom is -0.394 e. The van der Waals surface area contributed by atoms with Crippen LogP contribution in [0.5, 0.6) is 0 Å². The van der Waals surface area contributed by atoms with Crippen molar-refractivity contribution in [1.29, 1.82) is 0 Å². The number of aliphatic hydroxyl groups excluding tert-OH is 1. The van der Waals surface area contributed by atoms with E-state index in [-0.39, 0.29) is 15.6 Å². The summed E-state index contributed by atoms with van der Waals surface area (Å²) in [6.07, 6.45) is 1.85. The Morgan fingerprint density at radius 1 is 1.03 bits per heavy atom. The summed E-state index contributed by atoms with van der Waals surface area (Å²) in [4.78, 5) is 27.3. The van der Waals surface area contributed by atoms with Gasteiger partial charge in [0.15, 0.2) is 0 Å². The van der Waals surface area contributed by atoms with Crippen LogP contribution in [-0.2, 0) is 11.3 Å². The number of nitrogens with zero attached hydrogens (tertiary/aromatic N) is 1. The van der Waals surface area contributed by atoms with Crippen molar-refractivity contribution in [2.45, 2.75) is 25.4 Å². The SMILES string of the molecule is O=C(N[C@@H](CO)C(=O)NCC1CCN(Cc2ccc(Cl)c(Cl)c2)CC1)c1cccc(Cl)c1Cl. The maximum atomic E-state index is 12.5. The molecule has 1 aliphatic heterocycles. The first kappa shape index (κ1) is 26.1. The Kier molecular flexibility index (Phi) is 9.68. The van der Waals surface area contributed by atoms with Gasteiger partial charge in [-0.1, -0.05) is 58.5 Å². The number of piperidine rings is 1. The van der Waals surface area contributed by atoms with Gasteiger partial charge < -0.3 is 15.7 Å². The molecule has 2 amide bonds. The molecule has 2 aromatic rings. The predicted molar refractivity (Wildman–Crippen MR) is 132 cm³/mol. The number of hydrogen-bond donors (Lipinski definition) is 3. The van der Waals surface area contributed by atoms with Crippen LogP contribution in [0.4, 0.5) is 0 Å². The van der Waals surface area contributed by atoms with Crippen LogP contribution in [0, 0.1) is 5.92 Å². The summed E-state index contributed by atoms with van der Waals surface area (Å²) in [5, 5.41) is 16.4. The Hall–Kier alpha value is -1.54. The van der Waals surface area contributed by atoms with E-state index in [4.69, 9.17) is 46.4 Å². The first-order valence-corrected chi connectivity index (χ1v) is 12.1. The van der Waals surface area contributed by atoms with Gasteiger partial charge >= 0.3 is 0 Å². The van der Waals surface area contributed by atoms with E-state index in [1.54, 1.807) is 18.2 Å². The van der Waals surface area contributed by atoms with Gasteiger partial charge in [-0.3, -0.25) is 14.5 Å². The van der Waals surface area contributed by atoms with Crippen molar-refractivity contribution in [2.75, 3.05) is 26.2 Å². The van der Waals surface area contributed by atoms with Crippen LogP contribution < -0.4 is 10.6 Å². The molecule has 0 unspecified atom stereocenters. The summed E-state index contributed by atoms with van der Waals surface area (Å²) in [6.45, 7) is 2.53. The number of amides is 2. The number of nitrogens with one attached hydrogen (secondary N) is 2. The van der Waals surface area contributed by atoms with Crippen molar-refractivity contribution in [1.82, 2.24) is 15.5 Å². The van der Waals surface area contributed by atoms with Crippen molar-refractivity contribution in [3.8, 4) is 0 Å². The number of likely N-dealkylation sites (tertiary alicyclic amines) is 1. The normalized spacial score (nSPS) is 15.8. The van der Waals surface area contributed by atoms with Gasteiger partial charge in [-0.2, -0.15) is 0 Å². The molecular weight excluding hydrogens is 508 g/mol. The summed E-state index contributed by atoms with van der Waals surface area (Å²) in [7, 11) is 0. The van der Waals surface area contributed by atoms with E-state index in [9.17, 15) is 14.7 Å². The van der Waals surface area contributed by atoms with Gasteiger partial charge in [0, 0.05) is 13.1 Å². The quantitative estimate of drug-likeness (QED) is 0.470. The zero-order valence-electron chi connectivity index (χ0n) is 17.8. The summed E-state index contributed by atoms with van der Waals surface area (Å²) >= 11 is 24.1. The Morgan fingerprint density at radius 2 is 1.76 bits per heavy atom. The monoisotopic (exact) mass is 531 g/mol. The Bertz CT molecular complexity index is 997. The maximum Gasteiger partial charge on any atom is 0.253 e. The Labute approximate surface area is 213 Å². The molecule has 0 saturated carbocycles. The number of carbonyl (C=O) groups is 2. The lowest BCUT2D eigenvalue weighted by Gasteiger charge is -2.32. The second kappa shape index (κ2) is 12.2. The molecule has 0 aromatic heterocycles. The highest BCUT2D eigenvalue weighted by Gasteiger charge is 2.24. The molecule has 33 heavy (non-hydrogen) atoms. The van der Waals surface area contributed by atoms with Crippen LogP contribution in [0.1, 0.15) is 28.8 Å². The van der Waals surface area contributed by atoms with Crippen molar-refractivity contribution >= 4 is 58.2 Å². The van der Waals surface area contributed by atoms with Crippen LogP contribution in [0.3, 0.4) is 0 Å². The minimum absolute atomic E-state index is 0.0985. The highest BCUT2D eigenvalue weighted by molar-refractivity contribution is 6.44. The number of benzene rings is 2. The third-order valence-electron chi connectivity index (χ3n) is 5.66. The number of rotatable bonds is 8. The van der Waals surface area contributed by atoms with Gasteiger partial charge in [-0.25, -0.2) is 0 Å². The van der Waals surface area contributed by atoms with E-state index in [1.165, 1.54) is 6.07 Å². The van der Waals surface area contributed by atoms with Crippen molar-refractivity contribution in [3.05, 3.63) is 67.6 Å². The number of hydrogen-bond acceptors (Lipinski definition) is 4. The Morgan fingerprint density at radius 3 is 2.42 bits per heavy atom. The molecule has 1 saturated heterocycles. The third kappa shape index (κ3) is 7.22. The molecule has 178 valence electrons. The van der Waals surface area contributed by atoms with Crippen LogP contribution >= 0.6 is 46.4 Å². The van der Waals surface area contributed by atoms with Gasteiger partial charge in [0.05, 0.1) is 32.3 Å². The largest absolute Gasteiger partial charge is 0.394 e. The van der Waals surface area contributed by atoms with E-state index in [2.05, 4.69) is 15.5 Å². The zero-order chi connectivity index (χ0) is 24.0. The molecule has 3 rings (SSSR count). The summed E-state index contributed by atoms with van der Waals surface area (Å²) in [5.74, 6) is -0.703. The van der Waals surface area contributed by atoms with Crippen LogP contribution in [0.2, 0.25) is 20.1 Å². The molecule has 0 bridgehead atoms. The summed E-state index contributed by atoms with van der Waals surface area (Å²) in [6, 6.07) is 9.23. The molecule has 1 atom stereocenters. The smallest absolute Gasteiger partial charge is 0.253 e. The van der Waals surface area contributed by atoms with E-state index in [0.29, 0.717) is 22.5 Å². The fourth-order valence-corrected chi connectivity index (χ4v) is 4.43. The van der Waals surface area contributed by atoms with Gasteiger partial charge in [-0.05, 0) is 61.7 Å². The second-order valence-electron chi connectivity index (χ2n) is 8.02. The van der Waals surface area contributed by atoms with Gasteiger partial charge in [-0.15, -0.1) is 0 Å². The zero-order valence-corrected chi connectivity index (χ0v) is 20.8. The average Bonchev–Trinajstić information content (AvgIpc) is 2.80. The van der Waals surface area contributed by atoms with E-state index in [1.807, 2.05) is 12.1 Å². The van der Waals surface area contributed by atoms with E-state index < -0.39 is 24.5 Å². The van der Waals surface area contributed by atoms with Crippen molar-refractivity contribution < 1.29 is 14.7 Å². The van der Waals surface area contributed by atoms with Crippen LogP contribution in [0.25, 0.3) is 0 Å². The fraction of sp³-hybridized carbons (Fsp3) is 0.391. The first-order chi connectivity index (χ1) is 15.8. The molecule has 1 heterocycles. The first-order valence-electron chi connectivity index (χ1n) is 10.6. The van der Waals surface area contributed by atoms with Crippen molar-refractivity contribution in [2.24, 2.45) is 5.92 Å². The topological polar surface area (TPSA) is 81.7 Å². The lowest BCUT2D eigenvalue weighted by molar-refractivity contribution is -0.124. The van der Waals surface area contributed by atoms with Crippen LogP contribution in [-0.4, -0.2) is 54.1 Å². The number of aliphatic hydroxyl groups is 1. The van der Waals surface area contributed by atoms with Gasteiger partial charge in [0.1, 0.15) is 6.04 Å². The summed E-state index contributed by atoms with van der Waals surface area (Å²) in [5.41, 5.74) is 1.25. The highest BCUT2D eigenvalue weighted by Crippen LogP contribution is 2.26. The van der Waals surface area contributed by atoms with Gasteiger partial charge in [0.25, 0.3) is 5.91 Å². The average molecular weight is 533 g/mol. The Balaban J connectivity index is 1.44. The van der Waals surface area contributed by atoms with Crippen molar-refractivity contribution in [3.63, 3.8) is 0 Å². The van der Waals surface area contributed by atoms with E-state index >= 15 is 0 Å². The number of carbonyl (C=O) groups excluding carboxylic acids is 2. The highest BCUT2D eigenvalue weighted by atomic mass is 35.5. The molecule has 1 aliphatic rings. The lowest BCUT2D eigenvalue weighted by atomic mass is 9.96. The molecule has 2 aromatic carbocycles. The fourth-order valence-electron chi connectivity index (χ4n) is 3.72. The standard InChI is InChI=1S/C23H25Cl4N3O3/c24-17-5-4-15(10-19(17)26)12-30-8-6-14(7-9-30)11-28-23(33)20(13-31)29-22(32)16-2-1-3-18(25)21(16)27/h1-5,10,14,20,31H,6-9,11-13H2,(H,28,33)(H,29,32)/t20-/m0/s1. The molecule has 10 heteroatoms. The molecule has 0 spiro atoms. The van der Waals surface area contributed by atoms with Gasteiger partial charge in [0.2, 0.25) is 5.91 Å². The molecule has 1 fully saturated rings. The molecule has 3 N–H and O–H groups in total. The lowest BCUT2D eigenvalue weighted by Crippen LogP contribution is -2.50. The maximum absolute atomic E-state index is 12.5. The van der Waals surface area contributed by atoms with E-state index in [0.717, 1.165) is 38.0 Å². The molecular formula is C23H25Cl4N3O3. The predicted octanol–water partition coefficient (Wildman–Crippen LogP) is 4.42. The number of halogens is 4. The molecule has 0 radical (unpaired) electrons. The minimum atomic E-state index is -1.08. The summed E-state index contributed by atoms with van der Waals surface area (Å²) < 4.78 is 0. The van der Waals surface area contributed by atoms with Crippen LogP contribution in [0.15, 0.2) is 36.4 Å². The third-order valence-corrected chi connectivity index (χ3v) is 7.22. The second-order valence-corrected chi connectivity index (χ2v) is 9.62.